The van der Waals surface area contributed by atoms with Gasteiger partial charge in [-0.1, -0.05) is 12.1 Å². The molecule has 0 unspecified atom stereocenters. The molecule has 0 heterocycles. The fourth-order valence-corrected chi connectivity index (χ4v) is 1.34. The molecule has 1 aromatic carbocycles. The third kappa shape index (κ3) is 5.36. The Labute approximate surface area is 102 Å². The molecular weight excluding hydrogens is 216 g/mol. The Balaban J connectivity index is 2.38. The Bertz CT molecular complexity index is 383. The summed E-state index contributed by atoms with van der Waals surface area (Å²) >= 11 is 0. The number of benzene rings is 1. The van der Waals surface area contributed by atoms with Crippen molar-refractivity contribution in [3.8, 4) is 5.75 Å². The molecule has 0 aromatic heterocycles. The fourth-order valence-electron chi connectivity index (χ4n) is 1.34. The Morgan fingerprint density at radius 3 is 2.53 bits per heavy atom. The average molecular weight is 236 g/mol. The van der Waals surface area contributed by atoms with E-state index in [0.717, 1.165) is 0 Å². The van der Waals surface area contributed by atoms with Crippen LogP contribution in [0.2, 0.25) is 0 Å². The van der Waals surface area contributed by atoms with E-state index in [1.54, 1.807) is 24.3 Å². The predicted octanol–water partition coefficient (Wildman–Crippen LogP) is 2.11. The third-order valence-corrected chi connectivity index (χ3v) is 2.19. The van der Waals surface area contributed by atoms with Crippen LogP contribution in [0, 0.1) is 0 Å². The largest absolute Gasteiger partial charge is 0.506 e. The zero-order valence-corrected chi connectivity index (χ0v) is 10.6. The summed E-state index contributed by atoms with van der Waals surface area (Å²) in [4.78, 5) is 11.6. The van der Waals surface area contributed by atoms with E-state index < -0.39 is 0 Å². The number of aromatic hydroxyl groups is 1. The number of nitrogens with one attached hydrogen (secondary N) is 2. The van der Waals surface area contributed by atoms with Gasteiger partial charge in [0.05, 0.1) is 5.69 Å². The SMILES string of the molecule is CC(C)(C)NCCC(=O)Nc1ccccc1O. The van der Waals surface area contributed by atoms with Gasteiger partial charge in [-0.2, -0.15) is 0 Å². The molecule has 17 heavy (non-hydrogen) atoms. The quantitative estimate of drug-likeness (QED) is 0.702. The van der Waals surface area contributed by atoms with Crippen molar-refractivity contribution in [3.05, 3.63) is 24.3 Å². The van der Waals surface area contributed by atoms with Gasteiger partial charge in [0.1, 0.15) is 5.75 Å². The normalized spacial score (nSPS) is 11.2. The van der Waals surface area contributed by atoms with Crippen LogP contribution in [0.15, 0.2) is 24.3 Å². The summed E-state index contributed by atoms with van der Waals surface area (Å²) in [5.74, 6) is -0.0205. The van der Waals surface area contributed by atoms with Crippen molar-refractivity contribution in [2.45, 2.75) is 32.7 Å². The Kier molecular flexibility index (Phi) is 4.52. The minimum atomic E-state index is -0.108. The van der Waals surface area contributed by atoms with Crippen molar-refractivity contribution < 1.29 is 9.90 Å². The number of phenols is 1. The lowest BCUT2D eigenvalue weighted by Gasteiger charge is -2.20. The number of anilines is 1. The Morgan fingerprint density at radius 1 is 1.29 bits per heavy atom. The highest BCUT2D eigenvalue weighted by molar-refractivity contribution is 5.92. The van der Waals surface area contributed by atoms with Gasteiger partial charge in [-0.3, -0.25) is 4.79 Å². The summed E-state index contributed by atoms with van der Waals surface area (Å²) in [7, 11) is 0. The first-order chi connectivity index (χ1) is 7.88. The van der Waals surface area contributed by atoms with Crippen molar-refractivity contribution in [2.75, 3.05) is 11.9 Å². The summed E-state index contributed by atoms with van der Waals surface area (Å²) in [6, 6.07) is 6.70. The molecule has 1 amide bonds. The number of para-hydroxylation sites is 2. The van der Waals surface area contributed by atoms with Crippen molar-refractivity contribution in [1.82, 2.24) is 5.32 Å². The first-order valence-corrected chi connectivity index (χ1v) is 5.71. The second kappa shape index (κ2) is 5.68. The van der Waals surface area contributed by atoms with Crippen molar-refractivity contribution in [1.29, 1.82) is 0 Å². The highest BCUT2D eigenvalue weighted by atomic mass is 16.3. The minimum absolute atomic E-state index is 0.00909. The van der Waals surface area contributed by atoms with Gasteiger partial charge < -0.3 is 15.7 Å². The van der Waals surface area contributed by atoms with Crippen LogP contribution in [-0.4, -0.2) is 23.1 Å². The van der Waals surface area contributed by atoms with Crippen LogP contribution in [0.1, 0.15) is 27.2 Å². The van der Waals surface area contributed by atoms with Gasteiger partial charge in [0.15, 0.2) is 0 Å². The van der Waals surface area contributed by atoms with Gasteiger partial charge in [0, 0.05) is 18.5 Å². The topological polar surface area (TPSA) is 61.4 Å². The zero-order chi connectivity index (χ0) is 12.9. The molecule has 0 fully saturated rings. The van der Waals surface area contributed by atoms with Gasteiger partial charge in [0.2, 0.25) is 5.91 Å². The van der Waals surface area contributed by atoms with Gasteiger partial charge in [-0.15, -0.1) is 0 Å². The molecule has 0 aliphatic rings. The van der Waals surface area contributed by atoms with E-state index in [-0.39, 0.29) is 17.2 Å². The van der Waals surface area contributed by atoms with E-state index >= 15 is 0 Å². The molecule has 94 valence electrons. The Morgan fingerprint density at radius 2 is 1.94 bits per heavy atom. The van der Waals surface area contributed by atoms with E-state index in [9.17, 15) is 9.90 Å². The molecule has 1 aromatic rings. The lowest BCUT2D eigenvalue weighted by molar-refractivity contribution is -0.116. The molecule has 0 aliphatic carbocycles. The first kappa shape index (κ1) is 13.5. The zero-order valence-electron chi connectivity index (χ0n) is 10.6. The van der Waals surface area contributed by atoms with Crippen LogP contribution in [0.25, 0.3) is 0 Å². The molecule has 0 atom stereocenters. The molecule has 0 saturated carbocycles. The number of amides is 1. The number of hydrogen-bond donors (Lipinski definition) is 3. The molecule has 4 heteroatoms. The van der Waals surface area contributed by atoms with Crippen LogP contribution in [0.4, 0.5) is 5.69 Å². The van der Waals surface area contributed by atoms with Crippen molar-refractivity contribution in [2.24, 2.45) is 0 Å². The maximum atomic E-state index is 11.6. The predicted molar refractivity (Wildman–Crippen MR) is 69.1 cm³/mol. The summed E-state index contributed by atoms with van der Waals surface area (Å²) in [5, 5.41) is 15.4. The maximum Gasteiger partial charge on any atom is 0.225 e. The molecule has 0 spiro atoms. The summed E-state index contributed by atoms with van der Waals surface area (Å²) < 4.78 is 0. The number of phenolic OH excluding ortho intramolecular Hbond substituents is 1. The summed E-state index contributed by atoms with van der Waals surface area (Å²) in [5.41, 5.74) is 0.461. The molecule has 0 bridgehead atoms. The second-order valence-corrected chi connectivity index (χ2v) is 4.99. The smallest absolute Gasteiger partial charge is 0.225 e. The molecule has 0 aliphatic heterocycles. The number of carbonyl (C=O) groups excluding carboxylic acids is 1. The number of rotatable bonds is 4. The number of hydrogen-bond acceptors (Lipinski definition) is 3. The molecule has 0 radical (unpaired) electrons. The summed E-state index contributed by atoms with van der Waals surface area (Å²) in [6.07, 6.45) is 0.381. The first-order valence-electron chi connectivity index (χ1n) is 5.71. The lowest BCUT2D eigenvalue weighted by atomic mass is 10.1. The highest BCUT2D eigenvalue weighted by Gasteiger charge is 2.10. The molecule has 1 rings (SSSR count). The minimum Gasteiger partial charge on any atom is -0.506 e. The second-order valence-electron chi connectivity index (χ2n) is 4.99. The van der Waals surface area contributed by atoms with Crippen molar-refractivity contribution >= 4 is 11.6 Å². The van der Waals surface area contributed by atoms with Crippen molar-refractivity contribution in [3.63, 3.8) is 0 Å². The van der Waals surface area contributed by atoms with Gasteiger partial charge in [0.25, 0.3) is 0 Å². The highest BCUT2D eigenvalue weighted by Crippen LogP contribution is 2.21. The third-order valence-electron chi connectivity index (χ3n) is 2.19. The lowest BCUT2D eigenvalue weighted by Crippen LogP contribution is -2.37. The Hall–Kier alpha value is -1.55. The fraction of sp³-hybridized carbons (Fsp3) is 0.462. The van der Waals surface area contributed by atoms with Crippen LogP contribution in [0.3, 0.4) is 0 Å². The molecule has 3 N–H and O–H groups in total. The van der Waals surface area contributed by atoms with Crippen LogP contribution < -0.4 is 10.6 Å². The van der Waals surface area contributed by atoms with Crippen LogP contribution in [-0.2, 0) is 4.79 Å². The van der Waals surface area contributed by atoms with Gasteiger partial charge in [-0.05, 0) is 32.9 Å². The molecule has 0 saturated heterocycles. The molecule has 4 nitrogen and oxygen atoms in total. The standard InChI is InChI=1S/C13H20N2O2/c1-13(2,3)14-9-8-12(17)15-10-6-4-5-7-11(10)16/h4-7,14,16H,8-9H2,1-3H3,(H,15,17). The average Bonchev–Trinajstić information content (AvgIpc) is 2.19. The monoisotopic (exact) mass is 236 g/mol. The van der Waals surface area contributed by atoms with Gasteiger partial charge >= 0.3 is 0 Å². The molecular formula is C13H20N2O2. The number of carbonyl (C=O) groups is 1. The van der Waals surface area contributed by atoms with Crippen LogP contribution in [0.5, 0.6) is 5.75 Å². The van der Waals surface area contributed by atoms with Gasteiger partial charge in [-0.25, -0.2) is 0 Å². The van der Waals surface area contributed by atoms with Crippen LogP contribution >= 0.6 is 0 Å². The van der Waals surface area contributed by atoms with E-state index in [0.29, 0.717) is 18.7 Å². The van der Waals surface area contributed by atoms with E-state index in [1.165, 1.54) is 0 Å². The van der Waals surface area contributed by atoms with E-state index in [2.05, 4.69) is 10.6 Å². The maximum absolute atomic E-state index is 11.6. The van der Waals surface area contributed by atoms with E-state index in [1.807, 2.05) is 20.8 Å². The summed E-state index contributed by atoms with van der Waals surface area (Å²) in [6.45, 7) is 6.76. The van der Waals surface area contributed by atoms with E-state index in [4.69, 9.17) is 0 Å².